The molecule has 0 spiro atoms. The normalized spacial score (nSPS) is 10.3. The maximum Gasteiger partial charge on any atom is 0.358 e. The molecule has 6 heteroatoms. The van der Waals surface area contributed by atoms with Gasteiger partial charge in [0, 0.05) is 7.11 Å². The average molecular weight is 214 g/mol. The highest BCUT2D eigenvalue weighted by Crippen LogP contribution is 2.03. The number of carbonyl (C=O) groups is 1. The molecule has 0 aromatic carbocycles. The summed E-state index contributed by atoms with van der Waals surface area (Å²) in [4.78, 5) is 11.2. The number of carbonyl (C=O) groups excluding carboxylic acids is 1. The van der Waals surface area contributed by atoms with Crippen molar-refractivity contribution in [3.63, 3.8) is 0 Å². The highest BCUT2D eigenvalue weighted by Gasteiger charge is 2.10. The number of H-pyrrole nitrogens is 1. The van der Waals surface area contributed by atoms with Crippen molar-refractivity contribution < 1.29 is 19.0 Å². The van der Waals surface area contributed by atoms with Crippen LogP contribution < -0.4 is 0 Å². The maximum atomic E-state index is 11.2. The molecule has 1 rings (SSSR count). The third kappa shape index (κ3) is 3.69. The monoisotopic (exact) mass is 214 g/mol. The van der Waals surface area contributed by atoms with E-state index in [9.17, 15) is 4.79 Å². The number of hydrogen-bond acceptors (Lipinski definition) is 5. The van der Waals surface area contributed by atoms with E-state index < -0.39 is 5.97 Å². The van der Waals surface area contributed by atoms with Gasteiger partial charge in [0.25, 0.3) is 0 Å². The topological polar surface area (TPSA) is 73.4 Å². The summed E-state index contributed by atoms with van der Waals surface area (Å²) >= 11 is 0. The summed E-state index contributed by atoms with van der Waals surface area (Å²) < 4.78 is 14.6. The Hall–Kier alpha value is -1.40. The van der Waals surface area contributed by atoms with Gasteiger partial charge in [-0.3, -0.25) is 5.10 Å². The molecule has 0 atom stereocenters. The van der Waals surface area contributed by atoms with Gasteiger partial charge < -0.3 is 14.2 Å². The van der Waals surface area contributed by atoms with Crippen molar-refractivity contribution >= 4 is 5.97 Å². The van der Waals surface area contributed by atoms with Gasteiger partial charge in [-0.1, -0.05) is 0 Å². The smallest absolute Gasteiger partial charge is 0.358 e. The van der Waals surface area contributed by atoms with Gasteiger partial charge in [-0.15, -0.1) is 0 Å². The second kappa shape index (κ2) is 6.15. The Labute approximate surface area is 87.5 Å². The third-order valence-electron chi connectivity index (χ3n) is 1.57. The molecule has 0 aliphatic carbocycles. The molecular formula is C9H14N2O4. The van der Waals surface area contributed by atoms with Gasteiger partial charge in [-0.25, -0.2) is 4.79 Å². The van der Waals surface area contributed by atoms with Crippen molar-refractivity contribution in [2.45, 2.75) is 13.5 Å². The fourth-order valence-electron chi connectivity index (χ4n) is 0.980. The summed E-state index contributed by atoms with van der Waals surface area (Å²) in [5.74, 6) is -0.438. The first kappa shape index (κ1) is 11.7. The minimum Gasteiger partial charge on any atom is -0.461 e. The number of nitrogens with zero attached hydrogens (tertiary/aromatic N) is 1. The molecule has 1 aromatic heterocycles. The van der Waals surface area contributed by atoms with E-state index in [0.717, 1.165) is 0 Å². The van der Waals surface area contributed by atoms with Crippen LogP contribution in [0.25, 0.3) is 0 Å². The van der Waals surface area contributed by atoms with Gasteiger partial charge in [0.05, 0.1) is 18.9 Å². The molecule has 0 aliphatic heterocycles. The van der Waals surface area contributed by atoms with E-state index >= 15 is 0 Å². The fourth-order valence-corrected chi connectivity index (χ4v) is 0.980. The molecule has 0 fully saturated rings. The number of aromatic amines is 1. The minimum absolute atomic E-state index is 0.202. The zero-order valence-electron chi connectivity index (χ0n) is 8.78. The van der Waals surface area contributed by atoms with Crippen molar-refractivity contribution in [3.8, 4) is 0 Å². The van der Waals surface area contributed by atoms with E-state index in [1.54, 1.807) is 13.0 Å². The summed E-state index contributed by atoms with van der Waals surface area (Å²) in [5.41, 5.74) is 0.961. The van der Waals surface area contributed by atoms with Gasteiger partial charge in [-0.05, 0) is 13.0 Å². The fraction of sp³-hybridized carbons (Fsp3) is 0.556. The molecule has 0 aliphatic rings. The number of aromatic nitrogens is 2. The van der Waals surface area contributed by atoms with Crippen LogP contribution in [0.4, 0.5) is 0 Å². The average Bonchev–Trinajstić information content (AvgIpc) is 2.67. The number of rotatable bonds is 6. The number of esters is 1. The summed E-state index contributed by atoms with van der Waals surface area (Å²) in [6, 6.07) is 1.59. The quantitative estimate of drug-likeness (QED) is 0.429. The first-order valence-corrected chi connectivity index (χ1v) is 4.56. The van der Waals surface area contributed by atoms with Crippen molar-refractivity contribution in [3.05, 3.63) is 17.5 Å². The molecule has 0 bridgehead atoms. The predicted octanol–water partition coefficient (Wildman–Crippen LogP) is 0.707. The molecule has 1 N–H and O–H groups in total. The molecule has 0 saturated heterocycles. The van der Waals surface area contributed by atoms with Crippen LogP contribution in [-0.2, 0) is 20.8 Å². The van der Waals surface area contributed by atoms with Gasteiger partial charge in [0.1, 0.15) is 6.79 Å². The molecular weight excluding hydrogens is 200 g/mol. The van der Waals surface area contributed by atoms with Gasteiger partial charge in [-0.2, -0.15) is 5.10 Å². The first-order chi connectivity index (χ1) is 7.27. The van der Waals surface area contributed by atoms with Crippen LogP contribution in [0.2, 0.25) is 0 Å². The molecule has 0 radical (unpaired) electrons. The van der Waals surface area contributed by atoms with Crippen LogP contribution in [-0.4, -0.2) is 36.7 Å². The summed E-state index contributed by atoms with van der Waals surface area (Å²) in [5, 5.41) is 6.47. The van der Waals surface area contributed by atoms with Crippen LogP contribution >= 0.6 is 0 Å². The van der Waals surface area contributed by atoms with Crippen LogP contribution in [0.1, 0.15) is 23.1 Å². The molecule has 6 nitrogen and oxygen atoms in total. The number of nitrogens with one attached hydrogen (secondary N) is 1. The summed E-state index contributed by atoms with van der Waals surface area (Å²) in [7, 11) is 1.54. The largest absolute Gasteiger partial charge is 0.461 e. The van der Waals surface area contributed by atoms with Crippen molar-refractivity contribution in [2.75, 3.05) is 20.5 Å². The van der Waals surface area contributed by atoms with E-state index in [0.29, 0.717) is 18.9 Å². The molecule has 84 valence electrons. The Kier molecular flexibility index (Phi) is 4.79. The van der Waals surface area contributed by atoms with E-state index in [2.05, 4.69) is 10.2 Å². The Bertz CT molecular complexity index is 311. The van der Waals surface area contributed by atoms with Crippen LogP contribution in [0.15, 0.2) is 6.07 Å². The van der Waals surface area contributed by atoms with Crippen LogP contribution in [0.5, 0.6) is 0 Å². The zero-order valence-corrected chi connectivity index (χ0v) is 8.78. The Morgan fingerprint density at radius 2 is 2.40 bits per heavy atom. The van der Waals surface area contributed by atoms with Crippen molar-refractivity contribution in [2.24, 2.45) is 0 Å². The lowest BCUT2D eigenvalue weighted by Gasteiger charge is -1.98. The summed E-state index contributed by atoms with van der Waals surface area (Å²) in [6.07, 6.45) is 0. The second-order valence-corrected chi connectivity index (χ2v) is 2.75. The maximum absolute atomic E-state index is 11.2. The third-order valence-corrected chi connectivity index (χ3v) is 1.57. The Balaban J connectivity index is 2.45. The standard InChI is InChI=1S/C9H14N2O4/c1-3-15-9(12)8-4-7(10-11-8)5-14-6-13-2/h4H,3,5-6H2,1-2H3,(H,10,11). The highest BCUT2D eigenvalue weighted by molar-refractivity contribution is 5.87. The molecule has 0 amide bonds. The molecule has 1 heterocycles. The number of ether oxygens (including phenoxy) is 3. The molecule has 15 heavy (non-hydrogen) atoms. The SMILES string of the molecule is CCOC(=O)c1cc(COCOC)[nH]n1. The lowest BCUT2D eigenvalue weighted by atomic mass is 10.4. The Morgan fingerprint density at radius 3 is 3.07 bits per heavy atom. The van der Waals surface area contributed by atoms with E-state index in [4.69, 9.17) is 14.2 Å². The molecule has 0 unspecified atom stereocenters. The first-order valence-electron chi connectivity index (χ1n) is 4.56. The van der Waals surface area contributed by atoms with Gasteiger partial charge in [0.15, 0.2) is 5.69 Å². The van der Waals surface area contributed by atoms with Crippen LogP contribution in [0.3, 0.4) is 0 Å². The predicted molar refractivity (Wildman–Crippen MR) is 51.2 cm³/mol. The minimum atomic E-state index is -0.438. The van der Waals surface area contributed by atoms with Gasteiger partial charge >= 0.3 is 5.97 Å². The Morgan fingerprint density at radius 1 is 1.60 bits per heavy atom. The lowest BCUT2D eigenvalue weighted by molar-refractivity contribution is -0.0401. The van der Waals surface area contributed by atoms with Gasteiger partial charge in [0.2, 0.25) is 0 Å². The lowest BCUT2D eigenvalue weighted by Crippen LogP contribution is -2.04. The second-order valence-electron chi connectivity index (χ2n) is 2.75. The van der Waals surface area contributed by atoms with E-state index in [-0.39, 0.29) is 12.5 Å². The van der Waals surface area contributed by atoms with E-state index in [1.165, 1.54) is 7.11 Å². The van der Waals surface area contributed by atoms with Crippen LogP contribution in [0, 0.1) is 0 Å². The zero-order chi connectivity index (χ0) is 11.1. The number of hydrogen-bond donors (Lipinski definition) is 1. The van der Waals surface area contributed by atoms with Crippen molar-refractivity contribution in [1.82, 2.24) is 10.2 Å². The summed E-state index contributed by atoms with van der Waals surface area (Å²) in [6.45, 7) is 2.60. The van der Waals surface area contributed by atoms with Crippen molar-refractivity contribution in [1.29, 1.82) is 0 Å². The highest BCUT2D eigenvalue weighted by atomic mass is 16.7. The van der Waals surface area contributed by atoms with E-state index in [1.807, 2.05) is 0 Å². The molecule has 0 saturated carbocycles. The number of methoxy groups -OCH3 is 1. The molecule has 1 aromatic rings.